The summed E-state index contributed by atoms with van der Waals surface area (Å²) < 4.78 is 0. The van der Waals surface area contributed by atoms with Crippen molar-refractivity contribution in [1.82, 2.24) is 5.32 Å². The van der Waals surface area contributed by atoms with E-state index in [-0.39, 0.29) is 0 Å². The molecule has 0 saturated carbocycles. The minimum absolute atomic E-state index is 0.618. The van der Waals surface area contributed by atoms with Crippen LogP contribution in [0.5, 0.6) is 0 Å². The summed E-state index contributed by atoms with van der Waals surface area (Å²) in [4.78, 5) is 0. The minimum Gasteiger partial charge on any atom is -0.330 e. The summed E-state index contributed by atoms with van der Waals surface area (Å²) in [6, 6.07) is 0. The van der Waals surface area contributed by atoms with Crippen LogP contribution in [0.4, 0.5) is 0 Å². The average molecular weight is 156 g/mol. The van der Waals surface area contributed by atoms with Crippen LogP contribution >= 0.6 is 0 Å². The number of hydrogen-bond acceptors (Lipinski definition) is 2. The van der Waals surface area contributed by atoms with Gasteiger partial charge < -0.3 is 11.1 Å². The van der Waals surface area contributed by atoms with E-state index in [1.54, 1.807) is 0 Å². The Morgan fingerprint density at radius 1 is 1.64 bits per heavy atom. The molecule has 1 unspecified atom stereocenters. The van der Waals surface area contributed by atoms with E-state index in [9.17, 15) is 0 Å². The Morgan fingerprint density at radius 3 is 2.82 bits per heavy atom. The number of rotatable bonds is 7. The van der Waals surface area contributed by atoms with Crippen LogP contribution in [0.25, 0.3) is 0 Å². The lowest BCUT2D eigenvalue weighted by atomic mass is 10.1. The zero-order chi connectivity index (χ0) is 8.53. The van der Waals surface area contributed by atoms with Gasteiger partial charge in [-0.05, 0) is 31.8 Å². The molecule has 0 heterocycles. The fraction of sp³-hybridized carbons (Fsp3) is 0.778. The molecule has 3 N–H and O–H groups in total. The Labute approximate surface area is 69.9 Å². The zero-order valence-corrected chi connectivity index (χ0v) is 7.47. The molecule has 0 bridgehead atoms. The maximum atomic E-state index is 5.35. The smallest absolute Gasteiger partial charge is 0.00140 e. The van der Waals surface area contributed by atoms with Gasteiger partial charge in [-0.2, -0.15) is 0 Å². The van der Waals surface area contributed by atoms with Crippen LogP contribution in [-0.2, 0) is 0 Å². The average Bonchev–Trinajstić information content (AvgIpc) is 2.05. The molecule has 66 valence electrons. The lowest BCUT2D eigenvalue weighted by molar-refractivity contribution is 0.538. The topological polar surface area (TPSA) is 38.0 Å². The molecule has 0 amide bonds. The van der Waals surface area contributed by atoms with Crippen molar-refractivity contribution < 1.29 is 0 Å². The van der Waals surface area contributed by atoms with Crippen LogP contribution < -0.4 is 11.1 Å². The van der Waals surface area contributed by atoms with Crippen LogP contribution in [0.1, 0.15) is 19.8 Å². The fourth-order valence-electron chi connectivity index (χ4n) is 0.909. The summed E-state index contributed by atoms with van der Waals surface area (Å²) in [6.07, 6.45) is 4.24. The van der Waals surface area contributed by atoms with Gasteiger partial charge in [0.05, 0.1) is 0 Å². The monoisotopic (exact) mass is 156 g/mol. The summed E-state index contributed by atoms with van der Waals surface area (Å²) in [6.45, 7) is 8.79. The first-order valence-corrected chi connectivity index (χ1v) is 4.38. The van der Waals surface area contributed by atoms with Crippen LogP contribution in [-0.4, -0.2) is 19.6 Å². The predicted octanol–water partition coefficient (Wildman–Crippen LogP) is 1.14. The standard InChI is InChI=1S/C9H20N2/c1-3-9(4-2)8-11-7-5-6-10/h3,9,11H,1,4-8,10H2,2H3. The first-order chi connectivity index (χ1) is 5.35. The third-order valence-corrected chi connectivity index (χ3v) is 1.82. The van der Waals surface area contributed by atoms with Crippen molar-refractivity contribution in [1.29, 1.82) is 0 Å². The molecule has 0 fully saturated rings. The van der Waals surface area contributed by atoms with Crippen LogP contribution in [0, 0.1) is 5.92 Å². The Hall–Kier alpha value is -0.340. The highest BCUT2D eigenvalue weighted by Crippen LogP contribution is 2.00. The van der Waals surface area contributed by atoms with E-state index in [1.165, 1.54) is 6.42 Å². The fourth-order valence-corrected chi connectivity index (χ4v) is 0.909. The summed E-state index contributed by atoms with van der Waals surface area (Å²) in [5.41, 5.74) is 5.35. The Balaban J connectivity index is 3.14. The Morgan fingerprint density at radius 2 is 2.36 bits per heavy atom. The first-order valence-electron chi connectivity index (χ1n) is 4.38. The van der Waals surface area contributed by atoms with Gasteiger partial charge in [0.2, 0.25) is 0 Å². The molecule has 11 heavy (non-hydrogen) atoms. The van der Waals surface area contributed by atoms with Crippen LogP contribution in [0.3, 0.4) is 0 Å². The van der Waals surface area contributed by atoms with Crippen molar-refractivity contribution in [3.63, 3.8) is 0 Å². The Bertz CT molecular complexity index is 91.6. The lowest BCUT2D eigenvalue weighted by Crippen LogP contribution is -2.23. The summed E-state index contributed by atoms with van der Waals surface area (Å²) >= 11 is 0. The summed E-state index contributed by atoms with van der Waals surface area (Å²) in [7, 11) is 0. The molecule has 0 saturated heterocycles. The van der Waals surface area contributed by atoms with Gasteiger partial charge in [-0.1, -0.05) is 13.0 Å². The molecule has 0 aliphatic carbocycles. The molecular formula is C9H20N2. The zero-order valence-electron chi connectivity index (χ0n) is 7.47. The second kappa shape index (κ2) is 7.76. The maximum Gasteiger partial charge on any atom is 0.00140 e. The van der Waals surface area contributed by atoms with Crippen LogP contribution in [0.15, 0.2) is 12.7 Å². The molecule has 0 radical (unpaired) electrons. The third-order valence-electron chi connectivity index (χ3n) is 1.82. The molecule has 2 heteroatoms. The minimum atomic E-state index is 0.618. The van der Waals surface area contributed by atoms with Gasteiger partial charge in [0.25, 0.3) is 0 Å². The summed E-state index contributed by atoms with van der Waals surface area (Å²) in [5.74, 6) is 0.618. The van der Waals surface area contributed by atoms with Crippen molar-refractivity contribution in [2.45, 2.75) is 19.8 Å². The highest BCUT2D eigenvalue weighted by Gasteiger charge is 1.97. The van der Waals surface area contributed by atoms with Gasteiger partial charge in [0, 0.05) is 6.54 Å². The number of hydrogen-bond donors (Lipinski definition) is 2. The summed E-state index contributed by atoms with van der Waals surface area (Å²) in [5, 5.41) is 3.34. The van der Waals surface area contributed by atoms with E-state index in [2.05, 4.69) is 18.8 Å². The highest BCUT2D eigenvalue weighted by atomic mass is 14.9. The Kier molecular flexibility index (Phi) is 7.52. The quantitative estimate of drug-likeness (QED) is 0.428. The molecular weight excluding hydrogens is 136 g/mol. The van der Waals surface area contributed by atoms with Crippen molar-refractivity contribution in [3.8, 4) is 0 Å². The second-order valence-electron chi connectivity index (χ2n) is 2.75. The highest BCUT2D eigenvalue weighted by molar-refractivity contribution is 4.79. The normalized spacial score (nSPS) is 12.9. The number of nitrogens with one attached hydrogen (secondary N) is 1. The molecule has 0 aliphatic heterocycles. The van der Waals surface area contributed by atoms with E-state index < -0.39 is 0 Å². The van der Waals surface area contributed by atoms with Gasteiger partial charge in [0.15, 0.2) is 0 Å². The van der Waals surface area contributed by atoms with E-state index in [4.69, 9.17) is 5.73 Å². The molecule has 0 aromatic rings. The van der Waals surface area contributed by atoms with E-state index in [1.807, 2.05) is 6.08 Å². The van der Waals surface area contributed by atoms with Gasteiger partial charge >= 0.3 is 0 Å². The molecule has 0 rings (SSSR count). The molecule has 0 aliphatic rings. The molecule has 2 nitrogen and oxygen atoms in total. The van der Waals surface area contributed by atoms with E-state index in [0.29, 0.717) is 5.92 Å². The largest absolute Gasteiger partial charge is 0.330 e. The van der Waals surface area contributed by atoms with Gasteiger partial charge in [-0.15, -0.1) is 6.58 Å². The second-order valence-corrected chi connectivity index (χ2v) is 2.75. The van der Waals surface area contributed by atoms with Crippen molar-refractivity contribution in [3.05, 3.63) is 12.7 Å². The lowest BCUT2D eigenvalue weighted by Gasteiger charge is -2.09. The molecule has 0 aromatic carbocycles. The number of nitrogens with two attached hydrogens (primary N) is 1. The molecule has 0 spiro atoms. The van der Waals surface area contributed by atoms with Crippen molar-refractivity contribution >= 4 is 0 Å². The van der Waals surface area contributed by atoms with E-state index in [0.717, 1.165) is 26.1 Å². The predicted molar refractivity (Wildman–Crippen MR) is 50.5 cm³/mol. The van der Waals surface area contributed by atoms with E-state index >= 15 is 0 Å². The van der Waals surface area contributed by atoms with Crippen molar-refractivity contribution in [2.24, 2.45) is 11.7 Å². The van der Waals surface area contributed by atoms with Gasteiger partial charge in [-0.25, -0.2) is 0 Å². The molecule has 1 atom stereocenters. The first kappa shape index (κ1) is 10.7. The SMILES string of the molecule is C=CC(CC)CNCCCN. The maximum absolute atomic E-state index is 5.35. The van der Waals surface area contributed by atoms with Crippen LogP contribution in [0.2, 0.25) is 0 Å². The molecule has 0 aromatic heterocycles. The van der Waals surface area contributed by atoms with Gasteiger partial charge in [-0.3, -0.25) is 0 Å². The third kappa shape index (κ3) is 6.07. The van der Waals surface area contributed by atoms with Gasteiger partial charge in [0.1, 0.15) is 0 Å². The van der Waals surface area contributed by atoms with Crippen molar-refractivity contribution in [2.75, 3.05) is 19.6 Å².